The smallest absolute Gasteiger partial charge is 0.407 e. The maximum Gasteiger partial charge on any atom is 0.407 e. The SMILES string of the molecule is CCC[C@H](CC(=O)O)NC(=O)C(CNC(=O)OCC1c2ccccc2-c2ccccc21)CC(C)C. The van der Waals surface area contributed by atoms with E-state index in [9.17, 15) is 14.4 Å². The molecule has 0 fully saturated rings. The summed E-state index contributed by atoms with van der Waals surface area (Å²) in [5.41, 5.74) is 4.60. The van der Waals surface area contributed by atoms with Gasteiger partial charge in [0.15, 0.2) is 0 Å². The third kappa shape index (κ3) is 7.07. The fraction of sp³-hybridized carbons (Fsp3) is 0.464. The van der Waals surface area contributed by atoms with Crippen LogP contribution in [0.5, 0.6) is 0 Å². The van der Waals surface area contributed by atoms with E-state index in [1.807, 2.05) is 45.0 Å². The molecular formula is C28H36N2O5. The summed E-state index contributed by atoms with van der Waals surface area (Å²) >= 11 is 0. The van der Waals surface area contributed by atoms with Crippen LogP contribution < -0.4 is 10.6 Å². The molecule has 7 nitrogen and oxygen atoms in total. The highest BCUT2D eigenvalue weighted by atomic mass is 16.5. The van der Waals surface area contributed by atoms with Crippen LogP contribution in [-0.2, 0) is 14.3 Å². The Kier molecular flexibility index (Phi) is 9.29. The van der Waals surface area contributed by atoms with Gasteiger partial charge in [0.1, 0.15) is 6.61 Å². The van der Waals surface area contributed by atoms with Gasteiger partial charge in [0.25, 0.3) is 0 Å². The molecule has 0 bridgehead atoms. The van der Waals surface area contributed by atoms with Crippen molar-refractivity contribution in [3.8, 4) is 11.1 Å². The Labute approximate surface area is 207 Å². The molecule has 0 radical (unpaired) electrons. The van der Waals surface area contributed by atoms with Crippen LogP contribution in [0.2, 0.25) is 0 Å². The summed E-state index contributed by atoms with van der Waals surface area (Å²) in [6.45, 7) is 6.30. The molecular weight excluding hydrogens is 444 g/mol. The standard InChI is InChI=1S/C28H36N2O5/c1-4-9-20(15-26(31)32)30-27(33)19(14-18(2)3)16-29-28(34)35-17-25-23-12-7-5-10-21(23)22-11-6-8-13-24(22)25/h5-8,10-13,18-20,25H,4,9,14-17H2,1-3H3,(H,29,34)(H,30,33)(H,31,32)/t19?,20-/m1/s1. The van der Waals surface area contributed by atoms with Gasteiger partial charge in [-0.1, -0.05) is 75.7 Å². The number of aliphatic carboxylic acids is 1. The van der Waals surface area contributed by atoms with E-state index in [0.717, 1.165) is 28.7 Å². The molecule has 2 atom stereocenters. The van der Waals surface area contributed by atoms with E-state index < -0.39 is 24.0 Å². The molecule has 0 spiro atoms. The van der Waals surface area contributed by atoms with Crippen LogP contribution in [0.1, 0.15) is 63.5 Å². The maximum absolute atomic E-state index is 12.9. The Bertz CT molecular complexity index is 990. The summed E-state index contributed by atoms with van der Waals surface area (Å²) in [7, 11) is 0. The largest absolute Gasteiger partial charge is 0.481 e. The zero-order valence-electron chi connectivity index (χ0n) is 20.8. The quantitative estimate of drug-likeness (QED) is 0.399. The molecule has 188 valence electrons. The maximum atomic E-state index is 12.9. The number of hydrogen-bond acceptors (Lipinski definition) is 4. The molecule has 2 aromatic carbocycles. The number of carboxylic acid groups (broad SMARTS) is 1. The summed E-state index contributed by atoms with van der Waals surface area (Å²) in [6, 6.07) is 15.9. The van der Waals surface area contributed by atoms with Gasteiger partial charge in [-0.15, -0.1) is 0 Å². The van der Waals surface area contributed by atoms with E-state index in [1.54, 1.807) is 0 Å². The summed E-state index contributed by atoms with van der Waals surface area (Å²) in [5.74, 6) is -1.45. The first-order valence-corrected chi connectivity index (χ1v) is 12.4. The Morgan fingerprint density at radius 3 is 2.14 bits per heavy atom. The van der Waals surface area contributed by atoms with Crippen molar-refractivity contribution in [1.82, 2.24) is 10.6 Å². The van der Waals surface area contributed by atoms with E-state index in [-0.39, 0.29) is 37.3 Å². The number of benzene rings is 2. The van der Waals surface area contributed by atoms with E-state index in [2.05, 4.69) is 34.9 Å². The monoisotopic (exact) mass is 480 g/mol. The van der Waals surface area contributed by atoms with Gasteiger partial charge in [0.05, 0.1) is 12.3 Å². The highest BCUT2D eigenvalue weighted by Crippen LogP contribution is 2.44. The first-order valence-electron chi connectivity index (χ1n) is 12.4. The zero-order chi connectivity index (χ0) is 25.4. The second-order valence-corrected chi connectivity index (χ2v) is 9.62. The van der Waals surface area contributed by atoms with Crippen LogP contribution in [0.4, 0.5) is 4.79 Å². The first-order chi connectivity index (χ1) is 16.8. The molecule has 0 aromatic heterocycles. The number of amides is 2. The van der Waals surface area contributed by atoms with Crippen LogP contribution in [-0.4, -0.2) is 42.3 Å². The van der Waals surface area contributed by atoms with Crippen LogP contribution in [0.25, 0.3) is 11.1 Å². The van der Waals surface area contributed by atoms with Gasteiger partial charge >= 0.3 is 12.1 Å². The normalized spacial score (nSPS) is 14.1. The molecule has 0 saturated heterocycles. The van der Waals surface area contributed by atoms with Gasteiger partial charge in [-0.2, -0.15) is 0 Å². The highest BCUT2D eigenvalue weighted by molar-refractivity contribution is 5.81. The van der Waals surface area contributed by atoms with E-state index in [0.29, 0.717) is 12.8 Å². The molecule has 1 unspecified atom stereocenters. The van der Waals surface area contributed by atoms with Gasteiger partial charge in [-0.05, 0) is 41.0 Å². The number of rotatable bonds is 12. The lowest BCUT2D eigenvalue weighted by molar-refractivity contribution is -0.138. The van der Waals surface area contributed by atoms with Crippen molar-refractivity contribution in [3.05, 3.63) is 59.7 Å². The van der Waals surface area contributed by atoms with E-state index >= 15 is 0 Å². The molecule has 1 aliphatic carbocycles. The second kappa shape index (κ2) is 12.4. The summed E-state index contributed by atoms with van der Waals surface area (Å²) in [4.78, 5) is 36.6. The Morgan fingerprint density at radius 2 is 1.60 bits per heavy atom. The number of carbonyl (C=O) groups is 3. The lowest BCUT2D eigenvalue weighted by Crippen LogP contribution is -2.44. The molecule has 0 saturated carbocycles. The molecule has 7 heteroatoms. The van der Waals surface area contributed by atoms with Crippen molar-refractivity contribution in [2.75, 3.05) is 13.2 Å². The zero-order valence-corrected chi connectivity index (χ0v) is 20.8. The number of fused-ring (bicyclic) bond motifs is 3. The molecule has 2 aromatic rings. The van der Waals surface area contributed by atoms with Gasteiger partial charge in [0.2, 0.25) is 5.91 Å². The number of carbonyl (C=O) groups excluding carboxylic acids is 2. The summed E-state index contributed by atoms with van der Waals surface area (Å²) < 4.78 is 5.59. The molecule has 0 aliphatic heterocycles. The van der Waals surface area contributed by atoms with Crippen LogP contribution >= 0.6 is 0 Å². The summed E-state index contributed by atoms with van der Waals surface area (Å²) in [5, 5.41) is 14.7. The molecule has 1 aliphatic rings. The number of nitrogens with one attached hydrogen (secondary N) is 2. The lowest BCUT2D eigenvalue weighted by Gasteiger charge is -2.23. The fourth-order valence-electron chi connectivity index (χ4n) is 4.81. The van der Waals surface area contributed by atoms with Gasteiger partial charge in [0, 0.05) is 18.5 Å². The van der Waals surface area contributed by atoms with Crippen LogP contribution in [0.3, 0.4) is 0 Å². The summed E-state index contributed by atoms with van der Waals surface area (Å²) in [6.07, 6.45) is 1.25. The third-order valence-electron chi connectivity index (χ3n) is 6.37. The molecule has 0 heterocycles. The van der Waals surface area contributed by atoms with Crippen LogP contribution in [0, 0.1) is 11.8 Å². The van der Waals surface area contributed by atoms with Crippen molar-refractivity contribution >= 4 is 18.0 Å². The average Bonchev–Trinajstić information content (AvgIpc) is 3.13. The predicted molar refractivity (Wildman–Crippen MR) is 135 cm³/mol. The number of carboxylic acids is 1. The molecule has 35 heavy (non-hydrogen) atoms. The van der Waals surface area contributed by atoms with E-state index in [4.69, 9.17) is 9.84 Å². The van der Waals surface area contributed by atoms with Crippen molar-refractivity contribution in [3.63, 3.8) is 0 Å². The Hall–Kier alpha value is -3.35. The Balaban J connectivity index is 1.58. The molecule has 3 rings (SSSR count). The second-order valence-electron chi connectivity index (χ2n) is 9.62. The van der Waals surface area contributed by atoms with Crippen molar-refractivity contribution < 1.29 is 24.2 Å². The number of hydrogen-bond donors (Lipinski definition) is 3. The van der Waals surface area contributed by atoms with Gasteiger partial charge < -0.3 is 20.5 Å². The minimum absolute atomic E-state index is 0.0336. The topological polar surface area (TPSA) is 105 Å². The van der Waals surface area contributed by atoms with Gasteiger partial charge in [-0.3, -0.25) is 9.59 Å². The van der Waals surface area contributed by atoms with E-state index in [1.165, 1.54) is 0 Å². The highest BCUT2D eigenvalue weighted by Gasteiger charge is 2.29. The number of alkyl carbamates (subject to hydrolysis) is 1. The Morgan fingerprint density at radius 1 is 1.00 bits per heavy atom. The molecule has 2 amide bonds. The van der Waals surface area contributed by atoms with Crippen LogP contribution in [0.15, 0.2) is 48.5 Å². The van der Waals surface area contributed by atoms with Crippen molar-refractivity contribution in [2.24, 2.45) is 11.8 Å². The molecule has 3 N–H and O–H groups in total. The number of ether oxygens (including phenoxy) is 1. The first kappa shape index (κ1) is 26.3. The third-order valence-corrected chi connectivity index (χ3v) is 6.37. The van der Waals surface area contributed by atoms with Crippen molar-refractivity contribution in [2.45, 2.75) is 58.4 Å². The minimum Gasteiger partial charge on any atom is -0.481 e. The lowest BCUT2D eigenvalue weighted by atomic mass is 9.95. The minimum atomic E-state index is -0.944. The van der Waals surface area contributed by atoms with Crippen molar-refractivity contribution in [1.29, 1.82) is 0 Å². The predicted octanol–water partition coefficient (Wildman–Crippen LogP) is 4.95. The average molecular weight is 481 g/mol. The van der Waals surface area contributed by atoms with Gasteiger partial charge in [-0.25, -0.2) is 4.79 Å². The fourth-order valence-corrected chi connectivity index (χ4v) is 4.81.